The second-order valence-electron chi connectivity index (χ2n) is 6.31. The van der Waals surface area contributed by atoms with Crippen LogP contribution in [-0.4, -0.2) is 34.2 Å². The van der Waals surface area contributed by atoms with E-state index in [1.165, 1.54) is 11.3 Å². The van der Waals surface area contributed by atoms with E-state index in [0.717, 1.165) is 46.5 Å². The number of hydrogen-bond donors (Lipinski definition) is 1. The van der Waals surface area contributed by atoms with Crippen LogP contribution in [0, 0.1) is 13.8 Å². The first-order chi connectivity index (χ1) is 12.6. The van der Waals surface area contributed by atoms with Crippen molar-refractivity contribution in [1.29, 1.82) is 0 Å². The quantitative estimate of drug-likeness (QED) is 0.770. The van der Waals surface area contributed by atoms with Gasteiger partial charge in [0.1, 0.15) is 15.8 Å². The third-order valence-electron chi connectivity index (χ3n) is 4.39. The number of thiazole rings is 1. The van der Waals surface area contributed by atoms with Crippen LogP contribution in [0.3, 0.4) is 0 Å². The molecule has 0 aliphatic carbocycles. The maximum absolute atomic E-state index is 12.3. The van der Waals surface area contributed by atoms with Crippen LogP contribution >= 0.6 is 11.3 Å². The van der Waals surface area contributed by atoms with Crippen molar-refractivity contribution in [2.75, 3.05) is 19.7 Å². The molecule has 4 rings (SSSR count). The van der Waals surface area contributed by atoms with Crippen LogP contribution in [-0.2, 0) is 4.74 Å². The fraction of sp³-hybridized carbons (Fsp3) is 0.316. The van der Waals surface area contributed by atoms with E-state index in [0.29, 0.717) is 5.82 Å². The summed E-state index contributed by atoms with van der Waals surface area (Å²) in [6, 6.07) is 9.81. The smallest absolute Gasteiger partial charge is 0.258 e. The lowest BCUT2D eigenvalue weighted by Crippen LogP contribution is -2.33. The van der Waals surface area contributed by atoms with E-state index < -0.39 is 0 Å². The lowest BCUT2D eigenvalue weighted by molar-refractivity contribution is 0.0277. The van der Waals surface area contributed by atoms with E-state index in [2.05, 4.69) is 39.6 Å². The minimum atomic E-state index is -0.0810. The van der Waals surface area contributed by atoms with Crippen molar-refractivity contribution in [3.63, 3.8) is 0 Å². The second-order valence-corrected chi connectivity index (χ2v) is 7.32. The summed E-state index contributed by atoms with van der Waals surface area (Å²) in [4.78, 5) is 21.2. The summed E-state index contributed by atoms with van der Waals surface area (Å²) >= 11 is 1.48. The average Bonchev–Trinajstić information content (AvgIpc) is 3.11. The number of aromatic nitrogens is 3. The molecule has 0 bridgehead atoms. The van der Waals surface area contributed by atoms with E-state index in [-0.39, 0.29) is 11.7 Å². The molecule has 3 aromatic rings. The molecule has 134 valence electrons. The summed E-state index contributed by atoms with van der Waals surface area (Å²) in [5.41, 5.74) is 2.83. The maximum Gasteiger partial charge on any atom is 0.258 e. The third-order valence-corrected chi connectivity index (χ3v) is 5.42. The molecule has 0 saturated carbocycles. The first-order valence-electron chi connectivity index (χ1n) is 8.58. The molecule has 0 amide bonds. The predicted molar refractivity (Wildman–Crippen MR) is 102 cm³/mol. The first-order valence-corrected chi connectivity index (χ1v) is 9.39. The number of hydrogen-bond acceptors (Lipinski definition) is 6. The number of nitrogens with one attached hydrogen (secondary N) is 1. The Balaban J connectivity index is 1.61. The van der Waals surface area contributed by atoms with Crippen molar-refractivity contribution in [2.45, 2.75) is 20.0 Å². The molecule has 1 unspecified atom stereocenters. The van der Waals surface area contributed by atoms with Crippen LogP contribution in [0.5, 0.6) is 0 Å². The second kappa shape index (κ2) is 7.11. The molecule has 0 radical (unpaired) electrons. The average molecular weight is 368 g/mol. The molecule has 1 atom stereocenters. The van der Waals surface area contributed by atoms with Crippen LogP contribution in [0.4, 0.5) is 0 Å². The summed E-state index contributed by atoms with van der Waals surface area (Å²) in [6.45, 7) is 6.14. The molecule has 6 nitrogen and oxygen atoms in total. The molecule has 1 saturated heterocycles. The van der Waals surface area contributed by atoms with Gasteiger partial charge in [0, 0.05) is 30.4 Å². The maximum atomic E-state index is 12.3. The van der Waals surface area contributed by atoms with Gasteiger partial charge in [-0.15, -0.1) is 0 Å². The van der Waals surface area contributed by atoms with Crippen molar-refractivity contribution >= 4 is 11.3 Å². The number of benzene rings is 1. The van der Waals surface area contributed by atoms with Crippen LogP contribution in [0.15, 0.2) is 41.3 Å². The third kappa shape index (κ3) is 3.33. The van der Waals surface area contributed by atoms with Gasteiger partial charge in [0.2, 0.25) is 0 Å². The van der Waals surface area contributed by atoms with Gasteiger partial charge in [-0.3, -0.25) is 9.36 Å². The largest absolute Gasteiger partial charge is 0.371 e. The highest BCUT2D eigenvalue weighted by atomic mass is 32.1. The van der Waals surface area contributed by atoms with Gasteiger partial charge in [-0.2, -0.15) is 0 Å². The number of rotatable bonds is 3. The number of morpholine rings is 1. The van der Waals surface area contributed by atoms with Crippen LogP contribution in [0.25, 0.3) is 15.6 Å². The lowest BCUT2D eigenvalue weighted by atomic mass is 10.1. The fourth-order valence-electron chi connectivity index (χ4n) is 3.13. The van der Waals surface area contributed by atoms with E-state index in [1.54, 1.807) is 16.8 Å². The van der Waals surface area contributed by atoms with Gasteiger partial charge < -0.3 is 10.1 Å². The van der Waals surface area contributed by atoms with Crippen LogP contribution in [0.1, 0.15) is 23.2 Å². The molecule has 1 aliphatic heterocycles. The van der Waals surface area contributed by atoms with E-state index in [1.807, 2.05) is 13.8 Å². The van der Waals surface area contributed by atoms with Crippen molar-refractivity contribution in [2.24, 2.45) is 0 Å². The Morgan fingerprint density at radius 2 is 2.08 bits per heavy atom. The number of ether oxygens (including phenoxy) is 1. The van der Waals surface area contributed by atoms with Crippen molar-refractivity contribution < 1.29 is 4.74 Å². The highest BCUT2D eigenvalue weighted by Crippen LogP contribution is 2.29. The van der Waals surface area contributed by atoms with Gasteiger partial charge in [0.05, 0.1) is 18.9 Å². The summed E-state index contributed by atoms with van der Waals surface area (Å²) in [7, 11) is 0. The minimum absolute atomic E-state index is 0.0810. The summed E-state index contributed by atoms with van der Waals surface area (Å²) in [6.07, 6.45) is 1.83. The molecule has 1 aliphatic rings. The van der Waals surface area contributed by atoms with Gasteiger partial charge >= 0.3 is 0 Å². The van der Waals surface area contributed by atoms with Crippen LogP contribution < -0.4 is 10.9 Å². The van der Waals surface area contributed by atoms with Gasteiger partial charge in [-0.1, -0.05) is 35.6 Å². The Morgan fingerprint density at radius 1 is 1.27 bits per heavy atom. The predicted octanol–water partition coefficient (Wildman–Crippen LogP) is 2.63. The van der Waals surface area contributed by atoms with Gasteiger partial charge in [-0.05, 0) is 19.4 Å². The highest BCUT2D eigenvalue weighted by Gasteiger charge is 2.16. The lowest BCUT2D eigenvalue weighted by Gasteiger charge is -2.23. The Morgan fingerprint density at radius 3 is 2.77 bits per heavy atom. The molecule has 1 N–H and O–H groups in total. The Hall–Kier alpha value is -2.35. The molecule has 26 heavy (non-hydrogen) atoms. The molecule has 7 heteroatoms. The van der Waals surface area contributed by atoms with E-state index >= 15 is 0 Å². The van der Waals surface area contributed by atoms with Crippen LogP contribution in [0.2, 0.25) is 0 Å². The normalized spacial score (nSPS) is 17.4. The van der Waals surface area contributed by atoms with Crippen molar-refractivity contribution in [3.8, 4) is 15.6 Å². The van der Waals surface area contributed by atoms with Gasteiger partial charge in [-0.25, -0.2) is 9.97 Å². The molecule has 3 heterocycles. The Bertz CT molecular complexity index is 972. The SMILES string of the molecule is Cc1cc(=O)n(-c2cnc(-c3ccc(C4CNCCO4)cc3)s2)c(C)n1. The Kier molecular flexibility index (Phi) is 4.67. The minimum Gasteiger partial charge on any atom is -0.371 e. The zero-order valence-electron chi connectivity index (χ0n) is 14.7. The zero-order chi connectivity index (χ0) is 18.1. The first kappa shape index (κ1) is 17.1. The summed E-state index contributed by atoms with van der Waals surface area (Å²) in [5.74, 6) is 0.669. The van der Waals surface area contributed by atoms with Gasteiger partial charge in [0.15, 0.2) is 0 Å². The van der Waals surface area contributed by atoms with E-state index in [9.17, 15) is 4.79 Å². The molecule has 2 aromatic heterocycles. The van der Waals surface area contributed by atoms with E-state index in [4.69, 9.17) is 4.74 Å². The Labute approximate surface area is 155 Å². The molecule has 0 spiro atoms. The monoisotopic (exact) mass is 368 g/mol. The standard InChI is InChI=1S/C19H20N4O2S/c1-12-9-17(24)23(13(2)22-12)18-11-21-19(26-18)15-5-3-14(4-6-15)16-10-20-7-8-25-16/h3-6,9,11,16,20H,7-8,10H2,1-2H3. The van der Waals surface area contributed by atoms with Gasteiger partial charge in [0.25, 0.3) is 5.56 Å². The summed E-state index contributed by atoms with van der Waals surface area (Å²) in [5, 5.41) is 4.99. The molecule has 1 fully saturated rings. The fourth-order valence-corrected chi connectivity index (χ4v) is 4.11. The topological polar surface area (TPSA) is 69.0 Å². The van der Waals surface area contributed by atoms with Crippen molar-refractivity contribution in [3.05, 3.63) is 64.0 Å². The molecular formula is C19H20N4O2S. The molecular weight excluding hydrogens is 348 g/mol. The number of nitrogens with zero attached hydrogens (tertiary/aromatic N) is 3. The van der Waals surface area contributed by atoms with Crippen molar-refractivity contribution in [1.82, 2.24) is 19.9 Å². The molecule has 1 aromatic carbocycles. The highest BCUT2D eigenvalue weighted by molar-refractivity contribution is 7.17. The summed E-state index contributed by atoms with van der Waals surface area (Å²) < 4.78 is 7.39. The zero-order valence-corrected chi connectivity index (χ0v) is 15.5. The number of aryl methyl sites for hydroxylation is 2.